The van der Waals surface area contributed by atoms with Gasteiger partial charge in [0.1, 0.15) is 0 Å². The summed E-state index contributed by atoms with van der Waals surface area (Å²) in [5, 5.41) is 4.71. The van der Waals surface area contributed by atoms with E-state index in [0.717, 1.165) is 30.9 Å². The molecule has 0 bridgehead atoms. The third-order valence-electron chi connectivity index (χ3n) is 3.19. The van der Waals surface area contributed by atoms with Gasteiger partial charge in [-0.25, -0.2) is 13.1 Å². The van der Waals surface area contributed by atoms with Crippen molar-refractivity contribution in [3.63, 3.8) is 0 Å². The number of ether oxygens (including phenoxy) is 1. The van der Waals surface area contributed by atoms with Gasteiger partial charge in [-0.1, -0.05) is 0 Å². The van der Waals surface area contributed by atoms with Crippen molar-refractivity contribution in [1.29, 1.82) is 0 Å². The van der Waals surface area contributed by atoms with Crippen molar-refractivity contribution in [1.82, 2.24) is 10.0 Å². The van der Waals surface area contributed by atoms with Gasteiger partial charge in [-0.05, 0) is 31.9 Å². The predicted octanol–water partition coefficient (Wildman–Crippen LogP) is 1.17. The number of sulfonamides is 1. The molecular formula is C12H20N2O3S2. The summed E-state index contributed by atoms with van der Waals surface area (Å²) in [5.74, 6) is 0.388. The Bertz CT molecular complexity index is 493. The lowest BCUT2D eigenvalue weighted by Crippen LogP contribution is -2.32. The summed E-state index contributed by atoms with van der Waals surface area (Å²) in [7, 11) is -1.52. The van der Waals surface area contributed by atoms with Crippen LogP contribution in [-0.4, -0.2) is 35.2 Å². The third kappa shape index (κ3) is 4.25. The molecule has 0 spiro atoms. The molecule has 1 aliphatic rings. The van der Waals surface area contributed by atoms with Crippen molar-refractivity contribution in [2.24, 2.45) is 5.92 Å². The van der Waals surface area contributed by atoms with Crippen LogP contribution < -0.4 is 10.0 Å². The Morgan fingerprint density at radius 2 is 2.16 bits per heavy atom. The van der Waals surface area contributed by atoms with E-state index in [9.17, 15) is 8.42 Å². The van der Waals surface area contributed by atoms with Crippen LogP contribution in [0.25, 0.3) is 0 Å². The molecule has 1 saturated heterocycles. The minimum Gasteiger partial charge on any atom is -0.381 e. The van der Waals surface area contributed by atoms with Crippen LogP contribution >= 0.6 is 11.3 Å². The molecule has 19 heavy (non-hydrogen) atoms. The lowest BCUT2D eigenvalue weighted by molar-refractivity contribution is 0.0678. The maximum Gasteiger partial charge on any atom is 0.241 e. The highest BCUT2D eigenvalue weighted by molar-refractivity contribution is 7.89. The van der Waals surface area contributed by atoms with Gasteiger partial charge in [-0.15, -0.1) is 11.3 Å². The molecule has 0 amide bonds. The Kier molecular flexibility index (Phi) is 5.35. The Morgan fingerprint density at radius 3 is 2.84 bits per heavy atom. The van der Waals surface area contributed by atoms with Crippen LogP contribution in [0, 0.1) is 5.92 Å². The van der Waals surface area contributed by atoms with Crippen molar-refractivity contribution in [2.75, 3.05) is 26.8 Å². The zero-order chi connectivity index (χ0) is 13.7. The molecule has 2 heterocycles. The van der Waals surface area contributed by atoms with E-state index >= 15 is 0 Å². The second-order valence-corrected chi connectivity index (χ2v) is 7.45. The van der Waals surface area contributed by atoms with Gasteiger partial charge < -0.3 is 10.1 Å². The zero-order valence-electron chi connectivity index (χ0n) is 11.0. The molecule has 108 valence electrons. The minimum absolute atomic E-state index is 0.370. The molecule has 1 aromatic heterocycles. The average Bonchev–Trinajstić information content (AvgIpc) is 2.88. The van der Waals surface area contributed by atoms with Crippen LogP contribution in [0.1, 0.15) is 17.7 Å². The van der Waals surface area contributed by atoms with Gasteiger partial charge in [0.15, 0.2) is 0 Å². The van der Waals surface area contributed by atoms with Crippen LogP contribution in [0.3, 0.4) is 0 Å². The quantitative estimate of drug-likeness (QED) is 0.828. The van der Waals surface area contributed by atoms with Gasteiger partial charge >= 0.3 is 0 Å². The average molecular weight is 304 g/mol. The van der Waals surface area contributed by atoms with Gasteiger partial charge in [0.2, 0.25) is 10.0 Å². The van der Waals surface area contributed by atoms with Crippen molar-refractivity contribution in [3.05, 3.63) is 16.3 Å². The minimum atomic E-state index is -3.37. The topological polar surface area (TPSA) is 67.4 Å². The second kappa shape index (κ2) is 6.81. The predicted molar refractivity (Wildman–Crippen MR) is 75.8 cm³/mol. The summed E-state index contributed by atoms with van der Waals surface area (Å²) in [5.41, 5.74) is 0. The maximum absolute atomic E-state index is 12.1. The molecule has 5 nitrogen and oxygen atoms in total. The van der Waals surface area contributed by atoms with Crippen molar-refractivity contribution >= 4 is 21.4 Å². The van der Waals surface area contributed by atoms with E-state index in [4.69, 9.17) is 4.74 Å². The summed E-state index contributed by atoms with van der Waals surface area (Å²) in [6.07, 6.45) is 1.86. The number of hydrogen-bond acceptors (Lipinski definition) is 5. The van der Waals surface area contributed by atoms with Gasteiger partial charge in [0.25, 0.3) is 0 Å². The molecule has 2 rings (SSSR count). The van der Waals surface area contributed by atoms with Crippen molar-refractivity contribution in [3.8, 4) is 0 Å². The fourth-order valence-electron chi connectivity index (χ4n) is 2.03. The van der Waals surface area contributed by atoms with E-state index in [1.165, 1.54) is 11.3 Å². The lowest BCUT2D eigenvalue weighted by atomic mass is 10.0. The van der Waals surface area contributed by atoms with Crippen molar-refractivity contribution < 1.29 is 13.2 Å². The Hall–Kier alpha value is -0.470. The normalized spacial score (nSPS) is 17.7. The van der Waals surface area contributed by atoms with Gasteiger partial charge in [0.05, 0.1) is 4.90 Å². The highest BCUT2D eigenvalue weighted by Crippen LogP contribution is 2.20. The molecule has 0 aromatic carbocycles. The van der Waals surface area contributed by atoms with E-state index in [1.54, 1.807) is 11.4 Å². The van der Waals surface area contributed by atoms with Crippen molar-refractivity contribution in [2.45, 2.75) is 24.3 Å². The molecule has 1 fully saturated rings. The van der Waals surface area contributed by atoms with Crippen LogP contribution in [0.2, 0.25) is 0 Å². The fourth-order valence-corrected chi connectivity index (χ4v) is 4.43. The molecule has 1 aliphatic heterocycles. The summed E-state index contributed by atoms with van der Waals surface area (Å²) < 4.78 is 32.2. The van der Waals surface area contributed by atoms with Crippen LogP contribution in [-0.2, 0) is 21.3 Å². The molecule has 0 unspecified atom stereocenters. The summed E-state index contributed by atoms with van der Waals surface area (Å²) >= 11 is 1.46. The lowest BCUT2D eigenvalue weighted by Gasteiger charge is -2.21. The van der Waals surface area contributed by atoms with Gasteiger partial charge in [-0.3, -0.25) is 0 Å². The van der Waals surface area contributed by atoms with Gasteiger partial charge in [-0.2, -0.15) is 0 Å². The van der Waals surface area contributed by atoms with E-state index in [0.29, 0.717) is 23.9 Å². The molecule has 0 saturated carbocycles. The smallest absolute Gasteiger partial charge is 0.241 e. The van der Waals surface area contributed by atoms with E-state index in [1.807, 2.05) is 7.05 Å². The second-order valence-electron chi connectivity index (χ2n) is 4.69. The largest absolute Gasteiger partial charge is 0.381 e. The molecule has 7 heteroatoms. The molecule has 0 radical (unpaired) electrons. The summed E-state index contributed by atoms with van der Waals surface area (Å²) in [6.45, 7) is 2.66. The highest BCUT2D eigenvalue weighted by atomic mass is 32.2. The standard InChI is InChI=1S/C12H20N2O3S2/c1-13-8-11-6-12(9-18-11)19(15,16)14-7-10-2-4-17-5-3-10/h6,9-10,13-14H,2-5,7-8H2,1H3. The molecular weight excluding hydrogens is 284 g/mol. The maximum atomic E-state index is 12.1. The van der Waals surface area contributed by atoms with E-state index < -0.39 is 10.0 Å². The molecule has 0 atom stereocenters. The first-order chi connectivity index (χ1) is 9.12. The Morgan fingerprint density at radius 1 is 1.42 bits per heavy atom. The van der Waals surface area contributed by atoms with E-state index in [2.05, 4.69) is 10.0 Å². The Balaban J connectivity index is 1.92. The zero-order valence-corrected chi connectivity index (χ0v) is 12.6. The van der Waals surface area contributed by atoms with Crippen LogP contribution in [0.15, 0.2) is 16.3 Å². The number of thiophene rings is 1. The van der Waals surface area contributed by atoms with Gasteiger partial charge in [0, 0.05) is 36.6 Å². The first-order valence-corrected chi connectivity index (χ1v) is 8.77. The SMILES string of the molecule is CNCc1cc(S(=O)(=O)NCC2CCOCC2)cs1. The molecule has 2 N–H and O–H groups in total. The highest BCUT2D eigenvalue weighted by Gasteiger charge is 2.20. The Labute approximate surface area is 118 Å². The molecule has 1 aromatic rings. The number of rotatable bonds is 6. The van der Waals surface area contributed by atoms with Crippen LogP contribution in [0.4, 0.5) is 0 Å². The van der Waals surface area contributed by atoms with Crippen LogP contribution in [0.5, 0.6) is 0 Å². The first-order valence-electron chi connectivity index (χ1n) is 6.41. The molecule has 0 aliphatic carbocycles. The van der Waals surface area contributed by atoms with E-state index in [-0.39, 0.29) is 0 Å². The first kappa shape index (κ1) is 14.9. The summed E-state index contributed by atoms with van der Waals surface area (Å²) in [4.78, 5) is 1.39. The summed E-state index contributed by atoms with van der Waals surface area (Å²) in [6, 6.07) is 1.73. The third-order valence-corrected chi connectivity index (χ3v) is 5.68. The number of hydrogen-bond donors (Lipinski definition) is 2. The fraction of sp³-hybridized carbons (Fsp3) is 0.667. The monoisotopic (exact) mass is 304 g/mol. The number of nitrogens with one attached hydrogen (secondary N) is 2.